The number of amides is 1. The zero-order valence-electron chi connectivity index (χ0n) is 13.3. The van der Waals surface area contributed by atoms with E-state index in [-0.39, 0.29) is 11.5 Å². The van der Waals surface area contributed by atoms with Crippen LogP contribution in [0.2, 0.25) is 0 Å². The van der Waals surface area contributed by atoms with Crippen LogP contribution in [0.4, 0.5) is 15.9 Å². The van der Waals surface area contributed by atoms with E-state index in [2.05, 4.69) is 20.4 Å². The molecule has 3 aromatic rings. The van der Waals surface area contributed by atoms with Crippen LogP contribution in [0.3, 0.4) is 0 Å². The number of halogens is 1. The zero-order valence-corrected chi connectivity index (χ0v) is 13.3. The molecular weight excluding hydrogens is 327 g/mol. The van der Waals surface area contributed by atoms with Crippen molar-refractivity contribution in [2.75, 3.05) is 18.2 Å². The van der Waals surface area contributed by atoms with Gasteiger partial charge in [0.05, 0.1) is 25.5 Å². The highest BCUT2D eigenvalue weighted by Crippen LogP contribution is 2.17. The molecule has 1 aromatic carbocycles. The summed E-state index contributed by atoms with van der Waals surface area (Å²) >= 11 is 0. The van der Waals surface area contributed by atoms with Crippen LogP contribution in [0, 0.1) is 5.82 Å². The molecule has 0 atom stereocenters. The van der Waals surface area contributed by atoms with Gasteiger partial charge in [0.1, 0.15) is 11.6 Å². The minimum atomic E-state index is -0.488. The summed E-state index contributed by atoms with van der Waals surface area (Å²) in [5.74, 6) is -0.418. The SMILES string of the molecule is COc1cc(F)cc(Cn2cc(NC(=O)c3nccnc3N)cn2)c1. The highest BCUT2D eigenvalue weighted by atomic mass is 19.1. The van der Waals surface area contributed by atoms with Crippen LogP contribution in [0.25, 0.3) is 0 Å². The monoisotopic (exact) mass is 342 g/mol. The Kier molecular flexibility index (Phi) is 4.55. The van der Waals surface area contributed by atoms with Crippen LogP contribution in [0.15, 0.2) is 43.0 Å². The third kappa shape index (κ3) is 3.89. The Hall–Kier alpha value is -3.49. The summed E-state index contributed by atoms with van der Waals surface area (Å²) in [7, 11) is 1.47. The maximum absolute atomic E-state index is 13.5. The van der Waals surface area contributed by atoms with E-state index < -0.39 is 11.7 Å². The van der Waals surface area contributed by atoms with Crippen molar-refractivity contribution in [2.45, 2.75) is 6.54 Å². The fourth-order valence-corrected chi connectivity index (χ4v) is 2.25. The Morgan fingerprint density at radius 1 is 1.32 bits per heavy atom. The molecule has 128 valence electrons. The third-order valence-corrected chi connectivity index (χ3v) is 3.34. The number of nitrogens with one attached hydrogen (secondary N) is 1. The van der Waals surface area contributed by atoms with Crippen LogP contribution >= 0.6 is 0 Å². The summed E-state index contributed by atoms with van der Waals surface area (Å²) in [6, 6.07) is 4.40. The van der Waals surface area contributed by atoms with Gasteiger partial charge in [-0.3, -0.25) is 9.48 Å². The van der Waals surface area contributed by atoms with E-state index in [0.717, 1.165) is 0 Å². The summed E-state index contributed by atoms with van der Waals surface area (Å²) < 4.78 is 20.1. The molecule has 0 spiro atoms. The standard InChI is InChI=1S/C16H15FN6O2/c1-25-13-5-10(4-11(17)6-13)8-23-9-12(7-21-23)22-16(24)14-15(18)20-3-2-19-14/h2-7,9H,8H2,1H3,(H2,18,20)(H,22,24). The second-order valence-electron chi connectivity index (χ2n) is 5.17. The highest BCUT2D eigenvalue weighted by Gasteiger charge is 2.13. The normalized spacial score (nSPS) is 10.5. The number of aromatic nitrogens is 4. The minimum absolute atomic E-state index is 0.0325. The Labute approximate surface area is 142 Å². The van der Waals surface area contributed by atoms with Gasteiger partial charge in [0.25, 0.3) is 5.91 Å². The first-order valence-electron chi connectivity index (χ1n) is 7.29. The van der Waals surface area contributed by atoms with E-state index in [1.807, 2.05) is 0 Å². The first-order valence-corrected chi connectivity index (χ1v) is 7.29. The summed E-state index contributed by atoms with van der Waals surface area (Å²) in [6.45, 7) is 0.317. The number of hydrogen-bond donors (Lipinski definition) is 2. The molecule has 0 saturated carbocycles. The smallest absolute Gasteiger partial charge is 0.278 e. The van der Waals surface area contributed by atoms with E-state index >= 15 is 0 Å². The zero-order chi connectivity index (χ0) is 17.8. The third-order valence-electron chi connectivity index (χ3n) is 3.34. The molecule has 0 fully saturated rings. The minimum Gasteiger partial charge on any atom is -0.497 e. The lowest BCUT2D eigenvalue weighted by atomic mass is 10.2. The van der Waals surface area contributed by atoms with Gasteiger partial charge < -0.3 is 15.8 Å². The van der Waals surface area contributed by atoms with Crippen molar-refractivity contribution in [3.63, 3.8) is 0 Å². The van der Waals surface area contributed by atoms with Crippen molar-refractivity contribution in [2.24, 2.45) is 0 Å². The quantitative estimate of drug-likeness (QED) is 0.731. The molecule has 2 heterocycles. The van der Waals surface area contributed by atoms with Gasteiger partial charge in [-0.1, -0.05) is 0 Å². The fraction of sp³-hybridized carbons (Fsp3) is 0.125. The Balaban J connectivity index is 1.71. The highest BCUT2D eigenvalue weighted by molar-refractivity contribution is 6.05. The van der Waals surface area contributed by atoms with Gasteiger partial charge in [-0.05, 0) is 17.7 Å². The van der Waals surface area contributed by atoms with Gasteiger partial charge in [0, 0.05) is 24.7 Å². The van der Waals surface area contributed by atoms with Gasteiger partial charge in [-0.25, -0.2) is 14.4 Å². The number of carbonyl (C=O) groups is 1. The topological polar surface area (TPSA) is 108 Å². The summed E-state index contributed by atoms with van der Waals surface area (Å²) in [4.78, 5) is 19.8. The van der Waals surface area contributed by atoms with Crippen LogP contribution in [0.5, 0.6) is 5.75 Å². The average molecular weight is 342 g/mol. The van der Waals surface area contributed by atoms with Crippen LogP contribution in [-0.2, 0) is 6.54 Å². The second kappa shape index (κ2) is 6.95. The maximum atomic E-state index is 13.5. The summed E-state index contributed by atoms with van der Waals surface area (Å²) in [5, 5.41) is 6.77. The number of ether oxygens (including phenoxy) is 1. The van der Waals surface area contributed by atoms with Crippen molar-refractivity contribution >= 4 is 17.4 Å². The van der Waals surface area contributed by atoms with Crippen molar-refractivity contribution in [1.29, 1.82) is 0 Å². The molecule has 0 bridgehead atoms. The first kappa shape index (κ1) is 16.4. The van der Waals surface area contributed by atoms with Gasteiger partial charge in [0.2, 0.25) is 0 Å². The van der Waals surface area contributed by atoms with E-state index in [1.54, 1.807) is 16.9 Å². The van der Waals surface area contributed by atoms with E-state index in [0.29, 0.717) is 23.5 Å². The molecule has 3 N–H and O–H groups in total. The van der Waals surface area contributed by atoms with Crippen LogP contribution in [0.1, 0.15) is 16.1 Å². The molecule has 0 unspecified atom stereocenters. The predicted molar refractivity (Wildman–Crippen MR) is 88.7 cm³/mol. The summed E-state index contributed by atoms with van der Waals surface area (Å²) in [5.41, 5.74) is 6.79. The van der Waals surface area contributed by atoms with Crippen molar-refractivity contribution in [3.05, 3.63) is 60.1 Å². The average Bonchev–Trinajstić information content (AvgIpc) is 3.01. The molecule has 8 nitrogen and oxygen atoms in total. The predicted octanol–water partition coefficient (Wildman–Crippen LogP) is 1.70. The van der Waals surface area contributed by atoms with Gasteiger partial charge in [-0.15, -0.1) is 0 Å². The molecule has 3 rings (SSSR count). The first-order chi connectivity index (χ1) is 12.0. The van der Waals surface area contributed by atoms with Crippen molar-refractivity contribution < 1.29 is 13.9 Å². The number of nitrogens with zero attached hydrogens (tertiary/aromatic N) is 4. The molecule has 0 aliphatic carbocycles. The number of nitrogen functional groups attached to an aromatic ring is 1. The van der Waals surface area contributed by atoms with Gasteiger partial charge in [0.15, 0.2) is 11.5 Å². The second-order valence-corrected chi connectivity index (χ2v) is 5.17. The Morgan fingerprint density at radius 2 is 2.12 bits per heavy atom. The molecule has 25 heavy (non-hydrogen) atoms. The number of rotatable bonds is 5. The molecule has 0 aliphatic rings. The largest absolute Gasteiger partial charge is 0.497 e. The number of hydrogen-bond acceptors (Lipinski definition) is 6. The van der Waals surface area contributed by atoms with Crippen molar-refractivity contribution in [1.82, 2.24) is 19.7 Å². The van der Waals surface area contributed by atoms with Crippen molar-refractivity contribution in [3.8, 4) is 5.75 Å². The van der Waals surface area contributed by atoms with Gasteiger partial charge in [-0.2, -0.15) is 5.10 Å². The summed E-state index contributed by atoms with van der Waals surface area (Å²) in [6.07, 6.45) is 5.87. The molecule has 2 aromatic heterocycles. The van der Waals surface area contributed by atoms with Crippen LogP contribution in [-0.4, -0.2) is 32.8 Å². The van der Waals surface area contributed by atoms with Gasteiger partial charge >= 0.3 is 0 Å². The number of anilines is 2. The van der Waals surface area contributed by atoms with Crippen LogP contribution < -0.4 is 15.8 Å². The molecule has 0 radical (unpaired) electrons. The maximum Gasteiger partial charge on any atom is 0.278 e. The lowest BCUT2D eigenvalue weighted by Gasteiger charge is -2.06. The number of benzene rings is 1. The molecule has 1 amide bonds. The Morgan fingerprint density at radius 3 is 2.88 bits per heavy atom. The van der Waals surface area contributed by atoms with E-state index in [1.165, 1.54) is 37.8 Å². The van der Waals surface area contributed by atoms with E-state index in [9.17, 15) is 9.18 Å². The van der Waals surface area contributed by atoms with E-state index in [4.69, 9.17) is 10.5 Å². The molecule has 9 heteroatoms. The number of carbonyl (C=O) groups excluding carboxylic acids is 1. The number of nitrogens with two attached hydrogens (primary N) is 1. The molecular formula is C16H15FN6O2. The Bertz CT molecular complexity index is 911. The number of methoxy groups -OCH3 is 1. The lowest BCUT2D eigenvalue weighted by Crippen LogP contribution is -2.16. The molecule has 0 saturated heterocycles. The molecule has 0 aliphatic heterocycles. The fourth-order valence-electron chi connectivity index (χ4n) is 2.25. The lowest BCUT2D eigenvalue weighted by molar-refractivity contribution is 0.102.